The minimum absolute atomic E-state index is 0.0373. The number of hydrazine groups is 1. The summed E-state index contributed by atoms with van der Waals surface area (Å²) in [5.41, 5.74) is 2.77. The molecule has 3 rings (SSSR count). The highest BCUT2D eigenvalue weighted by atomic mass is 16.6. The van der Waals surface area contributed by atoms with Gasteiger partial charge in [-0.05, 0) is 28.8 Å². The summed E-state index contributed by atoms with van der Waals surface area (Å²) >= 11 is 0. The van der Waals surface area contributed by atoms with E-state index in [4.69, 9.17) is 9.47 Å². The molecule has 0 N–H and O–H groups in total. The number of hydrogen-bond donors (Lipinski definition) is 0. The highest BCUT2D eigenvalue weighted by Gasteiger charge is 2.26. The maximum absolute atomic E-state index is 12.9. The Balaban J connectivity index is 1.71. The van der Waals surface area contributed by atoms with E-state index in [0.29, 0.717) is 11.3 Å². The van der Waals surface area contributed by atoms with Gasteiger partial charge in [-0.2, -0.15) is 4.99 Å². The number of ether oxygens (including phenoxy) is 2. The summed E-state index contributed by atoms with van der Waals surface area (Å²) in [4.78, 5) is 39.5. The van der Waals surface area contributed by atoms with Crippen molar-refractivity contribution < 1.29 is 23.9 Å². The molecule has 0 radical (unpaired) electrons. The number of benzene rings is 3. The van der Waals surface area contributed by atoms with E-state index in [-0.39, 0.29) is 19.8 Å². The van der Waals surface area contributed by atoms with Crippen molar-refractivity contribution in [1.29, 1.82) is 0 Å². The first-order valence-corrected chi connectivity index (χ1v) is 10.2. The molecule has 168 valence electrons. The average molecular weight is 445 g/mol. The van der Waals surface area contributed by atoms with Gasteiger partial charge in [-0.1, -0.05) is 72.8 Å². The van der Waals surface area contributed by atoms with Crippen molar-refractivity contribution in [2.24, 2.45) is 4.99 Å². The Morgan fingerprint density at radius 2 is 1.27 bits per heavy atom. The minimum Gasteiger partial charge on any atom is -0.443 e. The average Bonchev–Trinajstić information content (AvgIpc) is 2.86. The van der Waals surface area contributed by atoms with Crippen LogP contribution in [0.15, 0.2) is 89.9 Å². The number of amides is 2. The molecule has 0 heterocycles. The number of nitrogens with zero attached hydrogens (tertiary/aromatic N) is 3. The smallest absolute Gasteiger partial charge is 0.429 e. The summed E-state index contributed by atoms with van der Waals surface area (Å²) < 4.78 is 10.8. The molecule has 2 amide bonds. The van der Waals surface area contributed by atoms with Crippen LogP contribution in [0.2, 0.25) is 0 Å². The van der Waals surface area contributed by atoms with Crippen molar-refractivity contribution in [2.45, 2.75) is 19.8 Å². The summed E-state index contributed by atoms with van der Waals surface area (Å²) in [6.45, 7) is 0.154. The third kappa shape index (κ3) is 7.05. The molecular weight excluding hydrogens is 422 g/mol. The molecule has 0 bridgehead atoms. The largest absolute Gasteiger partial charge is 0.443 e. The predicted octanol–water partition coefficient (Wildman–Crippen LogP) is 4.98. The van der Waals surface area contributed by atoms with Gasteiger partial charge < -0.3 is 9.47 Å². The van der Waals surface area contributed by atoms with Gasteiger partial charge in [0.15, 0.2) is 0 Å². The van der Waals surface area contributed by atoms with Gasteiger partial charge in [0.25, 0.3) is 0 Å². The number of carbonyl (C=O) groups excluding carboxylic acids is 3. The zero-order chi connectivity index (χ0) is 23.5. The second-order valence-corrected chi connectivity index (χ2v) is 7.03. The number of rotatable bonds is 7. The SMILES string of the molecule is CN(C(=O)OCc1ccccc1)N(Cc1ccc(N=C=O)cc1)C(=O)OCc1ccccc1. The monoisotopic (exact) mass is 445 g/mol. The van der Waals surface area contributed by atoms with Gasteiger partial charge in [-0.15, -0.1) is 0 Å². The van der Waals surface area contributed by atoms with Crippen molar-refractivity contribution in [3.63, 3.8) is 0 Å². The van der Waals surface area contributed by atoms with Crippen LogP contribution in [0.25, 0.3) is 0 Å². The van der Waals surface area contributed by atoms with Gasteiger partial charge in [0, 0.05) is 7.05 Å². The molecule has 33 heavy (non-hydrogen) atoms. The third-order valence-corrected chi connectivity index (χ3v) is 4.69. The van der Waals surface area contributed by atoms with E-state index in [1.807, 2.05) is 60.7 Å². The molecule has 0 fully saturated rings. The van der Waals surface area contributed by atoms with Crippen LogP contribution in [0, 0.1) is 0 Å². The molecule has 0 saturated carbocycles. The van der Waals surface area contributed by atoms with E-state index < -0.39 is 12.2 Å². The number of aliphatic imine (C=N–C) groups is 1. The molecule has 0 aromatic heterocycles. The number of isocyanates is 1. The Bertz CT molecular complexity index is 1100. The molecule has 8 heteroatoms. The van der Waals surface area contributed by atoms with Crippen LogP contribution >= 0.6 is 0 Å². The fourth-order valence-electron chi connectivity index (χ4n) is 2.90. The molecule has 0 aliphatic rings. The minimum atomic E-state index is -0.715. The topological polar surface area (TPSA) is 88.5 Å². The Morgan fingerprint density at radius 1 is 0.758 bits per heavy atom. The van der Waals surface area contributed by atoms with Crippen LogP contribution < -0.4 is 0 Å². The molecule has 0 atom stereocenters. The maximum atomic E-state index is 12.9. The van der Waals surface area contributed by atoms with Crippen LogP contribution in [0.5, 0.6) is 0 Å². The second kappa shape index (κ2) is 11.8. The Kier molecular flexibility index (Phi) is 8.34. The quantitative estimate of drug-likeness (QED) is 0.291. The number of hydrogen-bond acceptors (Lipinski definition) is 6. The van der Waals surface area contributed by atoms with E-state index in [2.05, 4.69) is 4.99 Å². The second-order valence-electron chi connectivity index (χ2n) is 7.03. The summed E-state index contributed by atoms with van der Waals surface area (Å²) in [6, 6.07) is 25.1. The van der Waals surface area contributed by atoms with Crippen LogP contribution in [0.4, 0.5) is 15.3 Å². The van der Waals surface area contributed by atoms with E-state index in [1.54, 1.807) is 24.3 Å². The van der Waals surface area contributed by atoms with E-state index in [1.165, 1.54) is 13.1 Å². The highest BCUT2D eigenvalue weighted by Crippen LogP contribution is 2.16. The molecule has 0 aliphatic heterocycles. The van der Waals surface area contributed by atoms with Gasteiger partial charge >= 0.3 is 12.2 Å². The Morgan fingerprint density at radius 3 is 1.79 bits per heavy atom. The zero-order valence-corrected chi connectivity index (χ0v) is 18.1. The van der Waals surface area contributed by atoms with E-state index in [0.717, 1.165) is 21.1 Å². The molecule has 0 spiro atoms. The Hall–Kier alpha value is -4.42. The summed E-state index contributed by atoms with van der Waals surface area (Å²) in [6.07, 6.45) is 0.0512. The standard InChI is InChI=1S/C25H23N3O5/c1-27(24(30)32-17-21-8-4-2-5-9-21)28(16-20-12-14-23(15-13-20)26-19-29)25(31)33-18-22-10-6-3-7-11-22/h2-15H,16-18H2,1H3. The summed E-state index contributed by atoms with van der Waals surface area (Å²) in [5.74, 6) is 0. The summed E-state index contributed by atoms with van der Waals surface area (Å²) in [7, 11) is 1.43. The van der Waals surface area contributed by atoms with Crippen LogP contribution in [0.1, 0.15) is 16.7 Å². The van der Waals surface area contributed by atoms with Crippen LogP contribution in [0.3, 0.4) is 0 Å². The molecule has 0 unspecified atom stereocenters. The van der Waals surface area contributed by atoms with Crippen molar-refractivity contribution in [1.82, 2.24) is 10.0 Å². The van der Waals surface area contributed by atoms with Gasteiger partial charge in [0.1, 0.15) is 13.2 Å². The fraction of sp³-hybridized carbons (Fsp3) is 0.160. The lowest BCUT2D eigenvalue weighted by Gasteiger charge is -2.30. The molecule has 3 aromatic carbocycles. The molecule has 3 aromatic rings. The third-order valence-electron chi connectivity index (χ3n) is 4.69. The molecule has 0 aliphatic carbocycles. The van der Waals surface area contributed by atoms with Gasteiger partial charge in [-0.25, -0.2) is 24.4 Å². The van der Waals surface area contributed by atoms with E-state index >= 15 is 0 Å². The Labute approximate surface area is 191 Å². The lowest BCUT2D eigenvalue weighted by Crippen LogP contribution is -2.47. The predicted molar refractivity (Wildman–Crippen MR) is 121 cm³/mol. The molecule has 0 saturated heterocycles. The van der Waals surface area contributed by atoms with Crippen molar-refractivity contribution in [2.75, 3.05) is 7.05 Å². The van der Waals surface area contributed by atoms with Crippen molar-refractivity contribution in [3.8, 4) is 0 Å². The van der Waals surface area contributed by atoms with Crippen molar-refractivity contribution >= 4 is 24.0 Å². The first kappa shape index (κ1) is 23.2. The lowest BCUT2D eigenvalue weighted by molar-refractivity contribution is -0.0167. The van der Waals surface area contributed by atoms with Crippen LogP contribution in [-0.2, 0) is 34.0 Å². The first-order chi connectivity index (χ1) is 16.1. The lowest BCUT2D eigenvalue weighted by atomic mass is 10.2. The first-order valence-electron chi connectivity index (χ1n) is 10.2. The van der Waals surface area contributed by atoms with Crippen LogP contribution in [-0.4, -0.2) is 35.3 Å². The van der Waals surface area contributed by atoms with Gasteiger partial charge in [0.2, 0.25) is 6.08 Å². The highest BCUT2D eigenvalue weighted by molar-refractivity contribution is 5.74. The normalized spacial score (nSPS) is 9.97. The molecule has 8 nitrogen and oxygen atoms in total. The van der Waals surface area contributed by atoms with Crippen molar-refractivity contribution in [3.05, 3.63) is 102 Å². The van der Waals surface area contributed by atoms with E-state index in [9.17, 15) is 14.4 Å². The maximum Gasteiger partial charge on any atom is 0.429 e. The zero-order valence-electron chi connectivity index (χ0n) is 18.1. The molecular formula is C25H23N3O5. The number of carbonyl (C=O) groups is 2. The van der Waals surface area contributed by atoms with Gasteiger partial charge in [-0.3, -0.25) is 0 Å². The summed E-state index contributed by atoms with van der Waals surface area (Å²) in [5, 5.41) is 2.22. The van der Waals surface area contributed by atoms with Gasteiger partial charge in [0.05, 0.1) is 12.2 Å². The fourth-order valence-corrected chi connectivity index (χ4v) is 2.90.